The topological polar surface area (TPSA) is 169 Å². The van der Waals surface area contributed by atoms with E-state index < -0.39 is 39.5 Å². The van der Waals surface area contributed by atoms with Gasteiger partial charge in [0.1, 0.15) is 22.0 Å². The average molecular weight is 987 g/mol. The van der Waals surface area contributed by atoms with E-state index in [9.17, 15) is 15.0 Å². The van der Waals surface area contributed by atoms with E-state index >= 15 is 8.42 Å². The zero-order valence-electron chi connectivity index (χ0n) is 42.7. The molecule has 1 amide bonds. The predicted molar refractivity (Wildman–Crippen MR) is 278 cm³/mol. The van der Waals surface area contributed by atoms with Crippen LogP contribution >= 0.6 is 0 Å². The molecule has 386 valence electrons. The number of fused-ring (bicyclic) bond motifs is 3. The van der Waals surface area contributed by atoms with Gasteiger partial charge in [0.15, 0.2) is 0 Å². The van der Waals surface area contributed by atoms with Gasteiger partial charge in [-0.15, -0.1) is 6.58 Å². The number of aliphatic hydroxyl groups is 2. The maximum atomic E-state index is 15.6. The predicted octanol–water partition coefficient (Wildman–Crippen LogP) is 11.8. The molecule has 1 aromatic heterocycles. The highest BCUT2D eigenvalue weighted by Crippen LogP contribution is 2.62. The van der Waals surface area contributed by atoms with Crippen LogP contribution in [0, 0.1) is 17.8 Å². The second-order valence-electron chi connectivity index (χ2n) is 20.4. The second-order valence-corrected chi connectivity index (χ2v) is 22.3. The highest BCUT2D eigenvalue weighted by Gasteiger charge is 2.66. The number of rotatable bonds is 29. The van der Waals surface area contributed by atoms with Gasteiger partial charge in [0.05, 0.1) is 29.8 Å². The largest absolute Gasteiger partial charge is 0.460 e. The van der Waals surface area contributed by atoms with Gasteiger partial charge in [0.25, 0.3) is 0 Å². The van der Waals surface area contributed by atoms with Crippen LogP contribution in [0.5, 0.6) is 11.5 Å². The van der Waals surface area contributed by atoms with Crippen molar-refractivity contribution in [3.63, 3.8) is 0 Å². The third-order valence-corrected chi connectivity index (χ3v) is 16.0. The summed E-state index contributed by atoms with van der Waals surface area (Å²) < 4.78 is 53.2. The van der Waals surface area contributed by atoms with Gasteiger partial charge < -0.3 is 34.6 Å². The van der Waals surface area contributed by atoms with Gasteiger partial charge in [-0.2, -0.15) is 4.31 Å². The van der Waals surface area contributed by atoms with Gasteiger partial charge in [-0.1, -0.05) is 120 Å². The molecular formula is C56H82N4O9S. The number of aliphatic hydroxyl groups excluding tert-OH is 2. The monoisotopic (exact) mass is 987 g/mol. The third kappa shape index (κ3) is 13.6. The van der Waals surface area contributed by atoms with E-state index in [2.05, 4.69) is 29.9 Å². The van der Waals surface area contributed by atoms with Crippen LogP contribution in [-0.2, 0) is 19.6 Å². The summed E-state index contributed by atoms with van der Waals surface area (Å²) in [6, 6.07) is 13.3. The molecule has 2 aromatic carbocycles. The van der Waals surface area contributed by atoms with Crippen molar-refractivity contribution in [1.82, 2.24) is 14.6 Å². The number of amides is 1. The molecule has 70 heavy (non-hydrogen) atoms. The number of oxime groups is 1. The first-order chi connectivity index (χ1) is 33.8. The summed E-state index contributed by atoms with van der Waals surface area (Å²) in [5.74, 6) is -1.81. The Hall–Kier alpha value is -4.34. The van der Waals surface area contributed by atoms with Crippen LogP contribution in [-0.4, -0.2) is 90.1 Å². The van der Waals surface area contributed by atoms with Crippen molar-refractivity contribution in [2.75, 3.05) is 32.9 Å². The molecule has 2 heterocycles. The molecule has 0 bridgehead atoms. The number of carbonyl (C=O) groups is 1. The number of benzene rings is 2. The second kappa shape index (κ2) is 26.4. The summed E-state index contributed by atoms with van der Waals surface area (Å²) in [6.45, 7) is 14.8. The fourth-order valence-electron chi connectivity index (χ4n) is 10.9. The molecular weight excluding hydrogens is 905 g/mol. The van der Waals surface area contributed by atoms with Gasteiger partial charge in [-0.05, 0) is 107 Å². The lowest BCUT2D eigenvalue weighted by Gasteiger charge is -2.59. The van der Waals surface area contributed by atoms with Gasteiger partial charge in [-0.25, -0.2) is 13.2 Å². The molecule has 6 atom stereocenters. The molecule has 3 aromatic rings. The number of aromatic nitrogens is 1. The molecule has 13 nitrogen and oxygen atoms in total. The molecule has 0 spiro atoms. The van der Waals surface area contributed by atoms with Crippen molar-refractivity contribution >= 4 is 32.7 Å². The number of pyridine rings is 1. The molecule has 1 aliphatic heterocycles. The Morgan fingerprint density at radius 3 is 2.31 bits per heavy atom. The zero-order chi connectivity index (χ0) is 50.2. The number of hydrogen-bond acceptors (Lipinski definition) is 11. The number of unbranched alkanes of at least 4 members (excludes halogenated alkanes) is 11. The van der Waals surface area contributed by atoms with Crippen LogP contribution in [0.2, 0.25) is 0 Å². The smallest absolute Gasteiger partial charge is 0.412 e. The number of nitrogens with zero attached hydrogens (tertiary/aromatic N) is 3. The quantitative estimate of drug-likeness (QED) is 0.0346. The van der Waals surface area contributed by atoms with Crippen molar-refractivity contribution in [3.8, 4) is 11.5 Å². The molecule has 1 saturated carbocycles. The number of nitrogens with one attached hydrogen (secondary N) is 1. The van der Waals surface area contributed by atoms with Crippen molar-refractivity contribution in [2.45, 2.75) is 178 Å². The van der Waals surface area contributed by atoms with Gasteiger partial charge in [-0.3, -0.25) is 4.98 Å². The number of allylic oxidation sites excluding steroid dienone is 1. The van der Waals surface area contributed by atoms with E-state index in [4.69, 9.17) is 24.2 Å². The molecule has 1 fully saturated rings. The molecule has 3 aliphatic rings. The fourth-order valence-corrected chi connectivity index (χ4v) is 12.8. The number of hydrogen-bond donors (Lipinski definition) is 3. The normalized spacial score (nSPS) is 22.5. The Kier molecular flexibility index (Phi) is 20.7. The van der Waals surface area contributed by atoms with Crippen LogP contribution < -0.4 is 14.8 Å². The summed E-state index contributed by atoms with van der Waals surface area (Å²) >= 11 is 0. The van der Waals surface area contributed by atoms with Crippen molar-refractivity contribution < 1.29 is 42.5 Å². The lowest BCUT2D eigenvalue weighted by molar-refractivity contribution is -0.251. The van der Waals surface area contributed by atoms with Crippen LogP contribution in [0.1, 0.15) is 162 Å². The highest BCUT2D eigenvalue weighted by molar-refractivity contribution is 7.89. The van der Waals surface area contributed by atoms with Crippen molar-refractivity contribution in [2.24, 2.45) is 22.9 Å². The first-order valence-electron chi connectivity index (χ1n) is 26.4. The van der Waals surface area contributed by atoms with Crippen LogP contribution in [0.4, 0.5) is 4.79 Å². The van der Waals surface area contributed by atoms with Crippen molar-refractivity contribution in [3.05, 3.63) is 84.6 Å². The maximum absolute atomic E-state index is 15.6. The molecule has 0 radical (unpaired) electrons. The van der Waals surface area contributed by atoms with E-state index in [1.807, 2.05) is 52.0 Å². The lowest BCUT2D eigenvalue weighted by Crippen LogP contribution is -2.70. The van der Waals surface area contributed by atoms with E-state index in [0.717, 1.165) is 56.1 Å². The molecule has 14 heteroatoms. The van der Waals surface area contributed by atoms with Gasteiger partial charge in [0.2, 0.25) is 15.8 Å². The Morgan fingerprint density at radius 1 is 0.929 bits per heavy atom. The first-order valence-corrected chi connectivity index (χ1v) is 27.8. The zero-order valence-corrected chi connectivity index (χ0v) is 43.5. The lowest BCUT2D eigenvalue weighted by atomic mass is 9.55. The summed E-state index contributed by atoms with van der Waals surface area (Å²) in [4.78, 5) is 24.3. The van der Waals surface area contributed by atoms with Gasteiger partial charge >= 0.3 is 6.09 Å². The minimum Gasteiger partial charge on any atom is -0.460 e. The van der Waals surface area contributed by atoms with Crippen LogP contribution in [0.15, 0.2) is 89.1 Å². The fraction of sp³-hybridized carbons (Fsp3) is 0.625. The van der Waals surface area contributed by atoms with Crippen LogP contribution in [0.25, 0.3) is 10.9 Å². The van der Waals surface area contributed by atoms with E-state index in [-0.39, 0.29) is 55.4 Å². The summed E-state index contributed by atoms with van der Waals surface area (Å²) in [7, 11) is -4.31. The van der Waals surface area contributed by atoms with E-state index in [1.54, 1.807) is 36.5 Å². The van der Waals surface area contributed by atoms with Crippen LogP contribution in [0.3, 0.4) is 0 Å². The average Bonchev–Trinajstić information content (AvgIpc) is 3.34. The summed E-state index contributed by atoms with van der Waals surface area (Å²) in [6.07, 6.45) is 21.9. The van der Waals surface area contributed by atoms with Crippen molar-refractivity contribution in [1.29, 1.82) is 0 Å². The molecule has 0 saturated heterocycles. The Morgan fingerprint density at radius 2 is 1.63 bits per heavy atom. The summed E-state index contributed by atoms with van der Waals surface area (Å²) in [5, 5.41) is 28.6. The Bertz CT molecular complexity index is 2330. The molecule has 0 unspecified atom stereocenters. The summed E-state index contributed by atoms with van der Waals surface area (Å²) in [5.41, 5.74) is 1.97. The SMILES string of the molecule is C=CCO[C@@]12Oc3ccc(OC(=O)NCCCCCCCCCCCC)cc3[C@H]3[C@H](CCCCO)[C@@H](CCCCO)C=C(C(=NOC(C)(C)C)C[C@@H]1N(CCC)S(=O)(=O)c1cccc4cccnc14)[C@H]32. The standard InChI is InChI=1S/C56H82N4O9S/c1-7-10-11-12-13-14-15-16-17-20-32-58-54(63)67-43-30-31-48-46(39-43)51-44(28-19-22-36-62)42(25-18-21-35-61)38-45-47(59-69-55(4,5)6)40-50(56(68-48,52(45)51)66-37-9-3)60(34-8-2)70(64,65)49-29-23-26-41-27-24-33-57-53(41)49/h9,23-24,26-27,29-31,33,38-39,42,44,50-52,61-62H,3,7-8,10-22,25,28,32,34-37,40H2,1-2,4-6H3,(H,58,63)/t42-,44+,50-,51+,52+,56+/m0/s1. The number of sulfonamides is 1. The maximum Gasteiger partial charge on any atom is 0.412 e. The first kappa shape index (κ1) is 55.0. The highest BCUT2D eigenvalue weighted by atomic mass is 32.2. The van der Waals surface area contributed by atoms with Gasteiger partial charge in [0, 0.05) is 55.8 Å². The van der Waals surface area contributed by atoms with E-state index in [1.165, 1.54) is 49.3 Å². The number of para-hydroxylation sites is 1. The number of carbonyl (C=O) groups excluding carboxylic acids is 1. The minimum atomic E-state index is -4.31. The molecule has 6 rings (SSSR count). The third-order valence-electron chi connectivity index (χ3n) is 14.1. The molecule has 3 N–H and O–H groups in total. The number of ether oxygens (including phenoxy) is 3. The minimum absolute atomic E-state index is 0.00731. The Labute approximate surface area is 418 Å². The Balaban J connectivity index is 1.45. The van der Waals surface area contributed by atoms with E-state index in [0.29, 0.717) is 53.9 Å². The molecule has 2 aliphatic carbocycles.